The van der Waals surface area contributed by atoms with Crippen molar-refractivity contribution in [3.8, 4) is 0 Å². The van der Waals surface area contributed by atoms with Gasteiger partial charge in [-0.15, -0.1) is 0 Å². The summed E-state index contributed by atoms with van der Waals surface area (Å²) in [5.74, 6) is -3.01. The monoisotopic (exact) mass is 384 g/mol. The Labute approximate surface area is 160 Å². The van der Waals surface area contributed by atoms with Crippen LogP contribution in [-0.4, -0.2) is 45.6 Å². The molecule has 1 aliphatic carbocycles. The number of nitrogens with one attached hydrogen (secondary N) is 1. The molecule has 0 spiro atoms. The SMILES string of the molecule is O=C1CCC(N2C(=O)c3ccc(C4CCC(C(=O)O)CC4)cc3C2=O)C(=O)N1. The maximum atomic E-state index is 12.9. The van der Waals surface area contributed by atoms with Crippen LogP contribution in [0.25, 0.3) is 0 Å². The Morgan fingerprint density at radius 3 is 2.29 bits per heavy atom. The first kappa shape index (κ1) is 18.3. The zero-order valence-electron chi connectivity index (χ0n) is 15.1. The van der Waals surface area contributed by atoms with Crippen LogP contribution in [0.2, 0.25) is 0 Å². The molecule has 2 N–H and O–H groups in total. The first-order valence-corrected chi connectivity index (χ1v) is 9.45. The maximum Gasteiger partial charge on any atom is 0.306 e. The topological polar surface area (TPSA) is 121 Å². The van der Waals surface area contributed by atoms with Crippen LogP contribution in [0.3, 0.4) is 0 Å². The number of aliphatic carboxylic acids is 1. The average molecular weight is 384 g/mol. The van der Waals surface area contributed by atoms with E-state index in [2.05, 4.69) is 5.32 Å². The number of imide groups is 2. The number of amides is 4. The van der Waals surface area contributed by atoms with Gasteiger partial charge >= 0.3 is 5.97 Å². The minimum absolute atomic E-state index is 0.0852. The zero-order valence-corrected chi connectivity index (χ0v) is 15.1. The molecule has 146 valence electrons. The number of carbonyl (C=O) groups excluding carboxylic acids is 4. The van der Waals surface area contributed by atoms with Crippen LogP contribution >= 0.6 is 0 Å². The molecule has 2 fully saturated rings. The lowest BCUT2D eigenvalue weighted by atomic mass is 9.78. The molecule has 1 aromatic carbocycles. The predicted octanol–water partition coefficient (Wildman–Crippen LogP) is 1.45. The van der Waals surface area contributed by atoms with Gasteiger partial charge in [-0.3, -0.25) is 34.2 Å². The molecule has 1 aromatic rings. The highest BCUT2D eigenvalue weighted by Gasteiger charge is 2.44. The molecular formula is C20H20N2O6. The Hall–Kier alpha value is -3.03. The fourth-order valence-corrected chi connectivity index (χ4v) is 4.42. The zero-order chi connectivity index (χ0) is 20.0. The molecule has 0 aromatic heterocycles. The third-order valence-electron chi connectivity index (χ3n) is 6.01. The van der Waals surface area contributed by atoms with E-state index in [1.54, 1.807) is 12.1 Å². The van der Waals surface area contributed by atoms with Crippen LogP contribution in [0.1, 0.15) is 70.7 Å². The average Bonchev–Trinajstić information content (AvgIpc) is 2.92. The van der Waals surface area contributed by atoms with Crippen LogP contribution in [-0.2, 0) is 14.4 Å². The van der Waals surface area contributed by atoms with Gasteiger partial charge in [-0.1, -0.05) is 6.07 Å². The number of hydrogen-bond donors (Lipinski definition) is 2. The summed E-state index contributed by atoms with van der Waals surface area (Å²) < 4.78 is 0. The third-order valence-corrected chi connectivity index (χ3v) is 6.01. The first-order valence-electron chi connectivity index (χ1n) is 9.45. The Balaban J connectivity index is 1.55. The van der Waals surface area contributed by atoms with Gasteiger partial charge in [-0.2, -0.15) is 0 Å². The number of fused-ring (bicyclic) bond motifs is 1. The summed E-state index contributed by atoms with van der Waals surface area (Å²) in [5, 5.41) is 11.3. The van der Waals surface area contributed by atoms with Crippen LogP contribution < -0.4 is 5.32 Å². The number of hydrogen-bond acceptors (Lipinski definition) is 5. The van der Waals surface area contributed by atoms with Crippen molar-refractivity contribution in [1.29, 1.82) is 0 Å². The van der Waals surface area contributed by atoms with Gasteiger partial charge in [0.25, 0.3) is 11.8 Å². The standard InChI is InChI=1S/C20H20N2O6/c23-16-8-7-15(17(24)21-16)22-18(25)13-6-5-12(9-14(13)19(22)26)10-1-3-11(4-2-10)20(27)28/h5-6,9-11,15H,1-4,7-8H2,(H,27,28)(H,21,23,24). The third kappa shape index (κ3) is 2.98. The van der Waals surface area contributed by atoms with Crippen molar-refractivity contribution in [2.45, 2.75) is 50.5 Å². The lowest BCUT2D eigenvalue weighted by Gasteiger charge is -2.27. The van der Waals surface area contributed by atoms with Gasteiger partial charge in [-0.25, -0.2) is 0 Å². The minimum Gasteiger partial charge on any atom is -0.481 e. The second kappa shape index (κ2) is 6.85. The number of carboxylic acids is 1. The summed E-state index contributed by atoms with van der Waals surface area (Å²) in [5.41, 5.74) is 1.44. The van der Waals surface area contributed by atoms with E-state index in [1.807, 2.05) is 6.07 Å². The van der Waals surface area contributed by atoms with Crippen molar-refractivity contribution < 1.29 is 29.1 Å². The van der Waals surface area contributed by atoms with Crippen LogP contribution in [0, 0.1) is 5.92 Å². The van der Waals surface area contributed by atoms with Crippen LogP contribution in [0.15, 0.2) is 18.2 Å². The van der Waals surface area contributed by atoms with Gasteiger partial charge in [-0.05, 0) is 55.7 Å². The minimum atomic E-state index is -0.973. The molecular weight excluding hydrogens is 364 g/mol. The molecule has 2 heterocycles. The van der Waals surface area contributed by atoms with Crippen molar-refractivity contribution in [3.05, 3.63) is 34.9 Å². The molecule has 4 amide bonds. The molecule has 0 radical (unpaired) electrons. The van der Waals surface area contributed by atoms with E-state index >= 15 is 0 Å². The molecule has 8 nitrogen and oxygen atoms in total. The van der Waals surface area contributed by atoms with Crippen LogP contribution in [0.5, 0.6) is 0 Å². The molecule has 1 saturated heterocycles. The van der Waals surface area contributed by atoms with E-state index in [0.717, 1.165) is 23.3 Å². The molecule has 4 rings (SSSR count). The van der Waals surface area contributed by atoms with Crippen LogP contribution in [0.4, 0.5) is 0 Å². The second-order valence-corrected chi connectivity index (χ2v) is 7.64. The van der Waals surface area contributed by atoms with Crippen molar-refractivity contribution in [1.82, 2.24) is 10.2 Å². The molecule has 2 aliphatic heterocycles. The number of rotatable bonds is 3. The highest BCUT2D eigenvalue weighted by Crippen LogP contribution is 2.38. The summed E-state index contributed by atoms with van der Waals surface area (Å²) in [6.45, 7) is 0. The van der Waals surface area contributed by atoms with E-state index in [0.29, 0.717) is 12.8 Å². The van der Waals surface area contributed by atoms with E-state index in [4.69, 9.17) is 5.11 Å². The summed E-state index contributed by atoms with van der Waals surface area (Å²) in [7, 11) is 0. The van der Waals surface area contributed by atoms with E-state index in [1.165, 1.54) is 0 Å². The number of benzene rings is 1. The Morgan fingerprint density at radius 2 is 1.64 bits per heavy atom. The summed E-state index contributed by atoms with van der Waals surface area (Å²) in [6, 6.07) is 4.15. The molecule has 1 unspecified atom stereocenters. The largest absolute Gasteiger partial charge is 0.481 e. The first-order chi connectivity index (χ1) is 13.4. The highest BCUT2D eigenvalue weighted by atomic mass is 16.4. The second-order valence-electron chi connectivity index (χ2n) is 7.64. The molecule has 1 atom stereocenters. The molecule has 3 aliphatic rings. The van der Waals surface area contributed by atoms with Gasteiger partial charge in [0.05, 0.1) is 17.0 Å². The van der Waals surface area contributed by atoms with Crippen molar-refractivity contribution in [2.24, 2.45) is 5.92 Å². The van der Waals surface area contributed by atoms with Gasteiger partial charge < -0.3 is 5.11 Å². The molecule has 0 bridgehead atoms. The number of carboxylic acid groups (broad SMARTS) is 1. The van der Waals surface area contributed by atoms with E-state index in [-0.39, 0.29) is 35.8 Å². The molecule has 1 saturated carbocycles. The molecule has 28 heavy (non-hydrogen) atoms. The fourth-order valence-electron chi connectivity index (χ4n) is 4.42. The fraction of sp³-hybridized carbons (Fsp3) is 0.450. The summed E-state index contributed by atoms with van der Waals surface area (Å²) in [4.78, 5) is 61.1. The Bertz CT molecular complexity index is 900. The van der Waals surface area contributed by atoms with Crippen molar-refractivity contribution in [3.63, 3.8) is 0 Å². The van der Waals surface area contributed by atoms with Gasteiger partial charge in [0.2, 0.25) is 11.8 Å². The lowest BCUT2D eigenvalue weighted by Crippen LogP contribution is -2.54. The van der Waals surface area contributed by atoms with Gasteiger partial charge in [0, 0.05) is 6.42 Å². The maximum absolute atomic E-state index is 12.9. The van der Waals surface area contributed by atoms with E-state index < -0.39 is 35.6 Å². The van der Waals surface area contributed by atoms with Gasteiger partial charge in [0.1, 0.15) is 6.04 Å². The smallest absolute Gasteiger partial charge is 0.306 e. The molecule has 8 heteroatoms. The number of piperidine rings is 1. The Morgan fingerprint density at radius 1 is 0.964 bits per heavy atom. The lowest BCUT2D eigenvalue weighted by molar-refractivity contribution is -0.143. The van der Waals surface area contributed by atoms with E-state index in [9.17, 15) is 24.0 Å². The predicted molar refractivity (Wildman–Crippen MR) is 95.4 cm³/mol. The van der Waals surface area contributed by atoms with Crippen molar-refractivity contribution >= 4 is 29.6 Å². The summed E-state index contributed by atoms with van der Waals surface area (Å²) >= 11 is 0. The highest BCUT2D eigenvalue weighted by molar-refractivity contribution is 6.23. The quantitative estimate of drug-likeness (QED) is 0.761. The number of carbonyl (C=O) groups is 5. The van der Waals surface area contributed by atoms with Gasteiger partial charge in [0.15, 0.2) is 0 Å². The number of nitrogens with zero attached hydrogens (tertiary/aromatic N) is 1. The van der Waals surface area contributed by atoms with Crippen molar-refractivity contribution in [2.75, 3.05) is 0 Å². The normalized spacial score (nSPS) is 27.6. The summed E-state index contributed by atoms with van der Waals surface area (Å²) in [6.07, 6.45) is 2.83. The Kier molecular flexibility index (Phi) is 4.49.